The van der Waals surface area contributed by atoms with Gasteiger partial charge in [-0.25, -0.2) is 17.2 Å². The maximum atomic E-state index is 16.7. The van der Waals surface area contributed by atoms with Crippen molar-refractivity contribution in [3.05, 3.63) is 69.0 Å². The van der Waals surface area contributed by atoms with Crippen molar-refractivity contribution in [3.8, 4) is 0 Å². The van der Waals surface area contributed by atoms with Gasteiger partial charge in [-0.2, -0.15) is 13.2 Å². The van der Waals surface area contributed by atoms with Gasteiger partial charge in [0.2, 0.25) is 5.67 Å². The van der Waals surface area contributed by atoms with E-state index in [-0.39, 0.29) is 52.6 Å². The lowest BCUT2D eigenvalue weighted by Gasteiger charge is -2.35. The summed E-state index contributed by atoms with van der Waals surface area (Å²) in [6.45, 7) is 0.948. The van der Waals surface area contributed by atoms with Gasteiger partial charge in [0, 0.05) is 44.4 Å². The Morgan fingerprint density at radius 1 is 1.07 bits per heavy atom. The van der Waals surface area contributed by atoms with E-state index in [1.54, 1.807) is 0 Å². The molecule has 1 aliphatic rings. The fourth-order valence-electron chi connectivity index (χ4n) is 4.59. The molecule has 6 nitrogen and oxygen atoms in total. The summed E-state index contributed by atoms with van der Waals surface area (Å²) in [7, 11) is -1.88. The number of hydrogen-bond donors (Lipinski definition) is 1. The summed E-state index contributed by atoms with van der Waals surface area (Å²) in [5.41, 5.74) is -3.99. The van der Waals surface area contributed by atoms with Gasteiger partial charge in [0.1, 0.15) is 5.82 Å². The highest BCUT2D eigenvalue weighted by atomic mass is 35.5. The van der Waals surface area contributed by atoms with Crippen molar-refractivity contribution in [1.29, 1.82) is 0 Å². The Morgan fingerprint density at radius 2 is 1.73 bits per heavy atom. The van der Waals surface area contributed by atoms with E-state index in [1.807, 2.05) is 4.90 Å². The summed E-state index contributed by atoms with van der Waals surface area (Å²) in [6.07, 6.45) is -2.73. The lowest BCUT2D eigenvalue weighted by Crippen LogP contribution is -2.47. The predicted octanol–water partition coefficient (Wildman–Crippen LogP) is 5.42. The van der Waals surface area contributed by atoms with E-state index in [0.29, 0.717) is 38.1 Å². The minimum absolute atomic E-state index is 0.00641. The molecule has 222 valence electrons. The van der Waals surface area contributed by atoms with Crippen molar-refractivity contribution < 1.29 is 35.2 Å². The molecule has 0 bridgehead atoms. The van der Waals surface area contributed by atoms with E-state index in [1.165, 1.54) is 25.2 Å². The molecule has 40 heavy (non-hydrogen) atoms. The van der Waals surface area contributed by atoms with E-state index < -0.39 is 39.0 Å². The smallest absolute Gasteiger partial charge is 0.338 e. The monoisotopic (exact) mass is 629 g/mol. The van der Waals surface area contributed by atoms with Gasteiger partial charge in [-0.3, -0.25) is 4.79 Å². The number of carbonyl (C=O) groups excluding carboxylic acids is 1. The van der Waals surface area contributed by atoms with Crippen LogP contribution in [0.25, 0.3) is 0 Å². The van der Waals surface area contributed by atoms with Gasteiger partial charge in [-0.1, -0.05) is 35.3 Å². The largest absolute Gasteiger partial charge is 0.419 e. The first-order chi connectivity index (χ1) is 18.5. The lowest BCUT2D eigenvalue weighted by atomic mass is 9.89. The van der Waals surface area contributed by atoms with Crippen LogP contribution in [-0.2, 0) is 33.0 Å². The number of alkyl halides is 4. The number of hydrogen-bond acceptors (Lipinski definition) is 5. The molecule has 14 heteroatoms. The molecule has 1 fully saturated rings. The molecule has 3 rings (SSSR count). The molecule has 0 aromatic heterocycles. The number of likely N-dealkylation sites (N-methyl/N-ethyl adjacent to an activating group) is 1. The molecule has 1 aliphatic heterocycles. The van der Waals surface area contributed by atoms with Crippen molar-refractivity contribution in [1.82, 2.24) is 15.1 Å². The number of amides is 1. The van der Waals surface area contributed by atoms with E-state index >= 15 is 4.39 Å². The van der Waals surface area contributed by atoms with Gasteiger partial charge < -0.3 is 15.1 Å². The van der Waals surface area contributed by atoms with Crippen LogP contribution in [0.15, 0.2) is 36.4 Å². The minimum atomic E-state index is -4.87. The maximum Gasteiger partial charge on any atom is 0.419 e. The third kappa shape index (κ3) is 8.51. The molecule has 2 aromatic rings. The standard InChI is InChI=1S/C26H30Cl2F5N3O3S/c1-35(15-17-3-5-20(23(29)13-17)26(31,32)33)24(37)25(30,18-4-6-21(27)22(28)14-18)9-12-36-10-7-19(8-11-36)34-16-40(2,38)39/h3-6,13-14,19,34H,7-12,15-16H2,1-2H3. The van der Waals surface area contributed by atoms with E-state index in [9.17, 15) is 30.8 Å². The van der Waals surface area contributed by atoms with Crippen molar-refractivity contribution >= 4 is 38.9 Å². The molecule has 1 N–H and O–H groups in total. The minimum Gasteiger partial charge on any atom is -0.338 e. The van der Waals surface area contributed by atoms with Crippen molar-refractivity contribution in [2.75, 3.05) is 38.8 Å². The Labute approximate surface area is 240 Å². The molecule has 0 saturated carbocycles. The topological polar surface area (TPSA) is 69.7 Å². The first-order valence-electron chi connectivity index (χ1n) is 12.4. The highest BCUT2D eigenvalue weighted by molar-refractivity contribution is 7.90. The van der Waals surface area contributed by atoms with Gasteiger partial charge in [-0.15, -0.1) is 0 Å². The van der Waals surface area contributed by atoms with Crippen LogP contribution in [0.2, 0.25) is 10.0 Å². The van der Waals surface area contributed by atoms with Crippen LogP contribution in [-0.4, -0.2) is 69.0 Å². The zero-order valence-electron chi connectivity index (χ0n) is 21.9. The highest BCUT2D eigenvalue weighted by Crippen LogP contribution is 2.37. The Hall–Kier alpha value is -1.99. The molecule has 0 aliphatic carbocycles. The number of carbonyl (C=O) groups is 1. The maximum absolute atomic E-state index is 16.7. The van der Waals surface area contributed by atoms with Gasteiger partial charge in [0.05, 0.1) is 21.5 Å². The Kier molecular flexibility index (Phi) is 10.5. The summed E-state index contributed by atoms with van der Waals surface area (Å²) in [5, 5.41) is 3.20. The second-order valence-electron chi connectivity index (χ2n) is 10.0. The van der Waals surface area contributed by atoms with Gasteiger partial charge >= 0.3 is 6.18 Å². The number of halogens is 7. The Morgan fingerprint density at radius 3 is 2.27 bits per heavy atom. The molecule has 1 unspecified atom stereocenters. The zero-order valence-corrected chi connectivity index (χ0v) is 24.2. The molecule has 1 saturated heterocycles. The van der Waals surface area contributed by atoms with Crippen LogP contribution in [0, 0.1) is 5.82 Å². The predicted molar refractivity (Wildman–Crippen MR) is 144 cm³/mol. The second-order valence-corrected chi connectivity index (χ2v) is 13.0. The number of rotatable bonds is 10. The number of benzene rings is 2. The summed E-state index contributed by atoms with van der Waals surface area (Å²) in [6, 6.07) is 6.26. The number of sulfone groups is 1. The van der Waals surface area contributed by atoms with Crippen LogP contribution in [0.4, 0.5) is 22.0 Å². The number of piperidine rings is 1. The van der Waals surface area contributed by atoms with Gasteiger partial charge in [0.15, 0.2) is 9.84 Å². The Bertz CT molecular complexity index is 1320. The molecule has 1 heterocycles. The molecular weight excluding hydrogens is 600 g/mol. The van der Waals surface area contributed by atoms with E-state index in [2.05, 4.69) is 5.32 Å². The SMILES string of the molecule is CN(Cc1ccc(C(F)(F)F)c(F)c1)C(=O)C(F)(CCN1CCC(NCS(C)(=O)=O)CC1)c1ccc(Cl)c(Cl)c1. The second kappa shape index (κ2) is 12.9. The normalized spacial score (nSPS) is 17.0. The average molecular weight is 631 g/mol. The van der Waals surface area contributed by atoms with Crippen LogP contribution < -0.4 is 5.32 Å². The van der Waals surface area contributed by atoms with Crippen molar-refractivity contribution in [2.45, 2.75) is 43.7 Å². The van der Waals surface area contributed by atoms with Crippen LogP contribution in [0.3, 0.4) is 0 Å². The van der Waals surface area contributed by atoms with Crippen molar-refractivity contribution in [2.24, 2.45) is 0 Å². The van der Waals surface area contributed by atoms with Crippen molar-refractivity contribution in [3.63, 3.8) is 0 Å². The van der Waals surface area contributed by atoms with Gasteiger partial charge in [-0.05, 0) is 55.8 Å². The highest BCUT2D eigenvalue weighted by Gasteiger charge is 2.43. The number of nitrogens with zero attached hydrogens (tertiary/aromatic N) is 2. The fourth-order valence-corrected chi connectivity index (χ4v) is 5.43. The summed E-state index contributed by atoms with van der Waals surface area (Å²) in [5.74, 6) is -2.60. The fraction of sp³-hybridized carbons (Fsp3) is 0.500. The molecule has 1 atom stereocenters. The van der Waals surface area contributed by atoms with E-state index in [0.717, 1.165) is 17.2 Å². The Balaban J connectivity index is 1.75. The lowest BCUT2D eigenvalue weighted by molar-refractivity contribution is -0.145. The number of likely N-dealkylation sites (tertiary alicyclic amines) is 1. The molecular formula is C26H30Cl2F5N3O3S. The first kappa shape index (κ1) is 32.5. The third-order valence-electron chi connectivity index (χ3n) is 6.82. The third-order valence-corrected chi connectivity index (χ3v) is 8.25. The first-order valence-corrected chi connectivity index (χ1v) is 15.2. The average Bonchev–Trinajstić information content (AvgIpc) is 2.86. The molecule has 0 radical (unpaired) electrons. The zero-order chi connectivity index (χ0) is 29.9. The summed E-state index contributed by atoms with van der Waals surface area (Å²) in [4.78, 5) is 16.5. The van der Waals surface area contributed by atoms with Crippen LogP contribution in [0.5, 0.6) is 0 Å². The van der Waals surface area contributed by atoms with Crippen LogP contribution in [0.1, 0.15) is 36.0 Å². The van der Waals surface area contributed by atoms with E-state index in [4.69, 9.17) is 23.2 Å². The summed E-state index contributed by atoms with van der Waals surface area (Å²) < 4.78 is 92.4. The summed E-state index contributed by atoms with van der Waals surface area (Å²) >= 11 is 12.1. The van der Waals surface area contributed by atoms with Crippen LogP contribution >= 0.6 is 23.2 Å². The molecule has 2 aromatic carbocycles. The molecule has 0 spiro atoms. The van der Waals surface area contributed by atoms with Gasteiger partial charge in [0.25, 0.3) is 5.91 Å². The number of nitrogens with one attached hydrogen (secondary N) is 1. The quantitative estimate of drug-likeness (QED) is 0.356. The molecule has 1 amide bonds.